The van der Waals surface area contributed by atoms with E-state index in [9.17, 15) is 9.59 Å². The normalized spacial score (nSPS) is 9.96. The van der Waals surface area contributed by atoms with Crippen molar-refractivity contribution in [2.24, 2.45) is 0 Å². The summed E-state index contributed by atoms with van der Waals surface area (Å²) in [5.74, 6) is -0.175. The van der Waals surface area contributed by atoms with Crippen molar-refractivity contribution in [3.8, 4) is 6.07 Å². The molecule has 5 nitrogen and oxygen atoms in total. The first-order valence-electron chi connectivity index (χ1n) is 7.84. The van der Waals surface area contributed by atoms with E-state index in [0.717, 1.165) is 4.47 Å². The largest absolute Gasteiger partial charge is 0.384 e. The van der Waals surface area contributed by atoms with Gasteiger partial charge in [0.2, 0.25) is 0 Å². The van der Waals surface area contributed by atoms with E-state index >= 15 is 0 Å². The zero-order valence-electron chi connectivity index (χ0n) is 13.8. The second-order valence-corrected chi connectivity index (χ2v) is 6.39. The van der Waals surface area contributed by atoms with Crippen LogP contribution in [0.3, 0.4) is 0 Å². The number of anilines is 1. The fourth-order valence-corrected chi connectivity index (χ4v) is 2.65. The van der Waals surface area contributed by atoms with Gasteiger partial charge in [0.25, 0.3) is 5.91 Å². The number of rotatable bonds is 7. The van der Waals surface area contributed by atoms with Crippen LogP contribution >= 0.6 is 15.9 Å². The lowest BCUT2D eigenvalue weighted by molar-refractivity contribution is 0.0952. The van der Waals surface area contributed by atoms with Crippen molar-refractivity contribution < 1.29 is 9.59 Å². The molecule has 0 spiro atoms. The quantitative estimate of drug-likeness (QED) is 0.548. The SMILES string of the molecule is CC(=O)c1ccc(C#N)c(NCCCNC(=O)c2cccc(Br)c2)c1. The molecule has 0 aliphatic rings. The lowest BCUT2D eigenvalue weighted by Crippen LogP contribution is -2.25. The van der Waals surface area contributed by atoms with Crippen LogP contribution in [0.15, 0.2) is 46.9 Å². The molecule has 1 amide bonds. The number of halogens is 1. The van der Waals surface area contributed by atoms with Crippen molar-refractivity contribution in [3.05, 3.63) is 63.6 Å². The van der Waals surface area contributed by atoms with Crippen LogP contribution in [0, 0.1) is 11.3 Å². The summed E-state index contributed by atoms with van der Waals surface area (Å²) in [4.78, 5) is 23.5. The number of Topliss-reactive ketones (excluding diaryl/α,β-unsaturated/α-hetero) is 1. The number of amides is 1. The second-order valence-electron chi connectivity index (χ2n) is 5.47. The molecule has 0 aromatic heterocycles. The van der Waals surface area contributed by atoms with Gasteiger partial charge in [-0.05, 0) is 49.7 Å². The number of nitrogens with zero attached hydrogens (tertiary/aromatic N) is 1. The number of carbonyl (C=O) groups excluding carboxylic acids is 2. The molecule has 0 radical (unpaired) electrons. The first kappa shape index (κ1) is 18.7. The van der Waals surface area contributed by atoms with Gasteiger partial charge in [-0.2, -0.15) is 5.26 Å². The van der Waals surface area contributed by atoms with Crippen LogP contribution in [0.4, 0.5) is 5.69 Å². The van der Waals surface area contributed by atoms with Crippen LogP contribution in [0.2, 0.25) is 0 Å². The van der Waals surface area contributed by atoms with Gasteiger partial charge in [0, 0.05) is 28.7 Å². The van der Waals surface area contributed by atoms with E-state index in [-0.39, 0.29) is 11.7 Å². The number of hydrogen-bond acceptors (Lipinski definition) is 4. The Labute approximate surface area is 155 Å². The lowest BCUT2D eigenvalue weighted by atomic mass is 10.1. The van der Waals surface area contributed by atoms with Gasteiger partial charge in [0.15, 0.2) is 5.78 Å². The first-order chi connectivity index (χ1) is 12.0. The van der Waals surface area contributed by atoms with E-state index in [4.69, 9.17) is 5.26 Å². The summed E-state index contributed by atoms with van der Waals surface area (Å²) < 4.78 is 0.858. The smallest absolute Gasteiger partial charge is 0.251 e. The lowest BCUT2D eigenvalue weighted by Gasteiger charge is -2.10. The molecule has 0 aliphatic heterocycles. The van der Waals surface area contributed by atoms with Gasteiger partial charge in [0.05, 0.1) is 11.3 Å². The number of ketones is 1. The van der Waals surface area contributed by atoms with Crippen LogP contribution in [0.5, 0.6) is 0 Å². The highest BCUT2D eigenvalue weighted by molar-refractivity contribution is 9.10. The Morgan fingerprint density at radius 1 is 1.12 bits per heavy atom. The fraction of sp³-hybridized carbons (Fsp3) is 0.211. The Morgan fingerprint density at radius 2 is 1.92 bits per heavy atom. The minimum atomic E-state index is -0.127. The van der Waals surface area contributed by atoms with Crippen molar-refractivity contribution in [2.45, 2.75) is 13.3 Å². The number of benzene rings is 2. The van der Waals surface area contributed by atoms with Gasteiger partial charge in [-0.15, -0.1) is 0 Å². The Kier molecular flexibility index (Phi) is 6.72. The number of nitrogens with one attached hydrogen (secondary N) is 2. The van der Waals surface area contributed by atoms with Crippen LogP contribution < -0.4 is 10.6 Å². The Hall–Kier alpha value is -2.65. The third kappa shape index (κ3) is 5.44. The standard InChI is InChI=1S/C19H18BrN3O2/c1-13(24)14-6-7-16(12-21)18(11-14)22-8-3-9-23-19(25)15-4-2-5-17(20)10-15/h2,4-7,10-11,22H,3,8-9H2,1H3,(H,23,25). The summed E-state index contributed by atoms with van der Waals surface area (Å²) in [5, 5.41) is 15.1. The highest BCUT2D eigenvalue weighted by atomic mass is 79.9. The predicted octanol–water partition coefficient (Wildman–Crippen LogP) is 3.76. The second kappa shape index (κ2) is 9.00. The molecule has 0 bridgehead atoms. The number of nitriles is 1. The van der Waals surface area contributed by atoms with Crippen LogP contribution in [0.25, 0.3) is 0 Å². The maximum atomic E-state index is 12.0. The van der Waals surface area contributed by atoms with E-state index in [0.29, 0.717) is 41.9 Å². The molecule has 2 N–H and O–H groups in total. The molecule has 0 atom stereocenters. The van der Waals surface area contributed by atoms with Gasteiger partial charge in [-0.1, -0.05) is 22.0 Å². The molecule has 0 saturated heterocycles. The molecule has 2 rings (SSSR count). The molecule has 0 saturated carbocycles. The molecule has 0 unspecified atom stereocenters. The molecule has 25 heavy (non-hydrogen) atoms. The summed E-state index contributed by atoms with van der Waals surface area (Å²) in [6, 6.07) is 14.3. The molecule has 128 valence electrons. The third-order valence-corrected chi connectivity index (χ3v) is 4.08. The molecule has 0 aliphatic carbocycles. The van der Waals surface area contributed by atoms with Crippen molar-refractivity contribution >= 4 is 33.3 Å². The molecule has 0 heterocycles. The van der Waals surface area contributed by atoms with E-state index in [2.05, 4.69) is 32.6 Å². The van der Waals surface area contributed by atoms with Crippen LogP contribution in [-0.4, -0.2) is 24.8 Å². The maximum absolute atomic E-state index is 12.0. The zero-order chi connectivity index (χ0) is 18.2. The fourth-order valence-electron chi connectivity index (χ4n) is 2.25. The van der Waals surface area contributed by atoms with Crippen molar-refractivity contribution in [1.29, 1.82) is 5.26 Å². The van der Waals surface area contributed by atoms with Gasteiger partial charge in [0.1, 0.15) is 6.07 Å². The zero-order valence-corrected chi connectivity index (χ0v) is 15.4. The number of hydrogen-bond donors (Lipinski definition) is 2. The summed E-state index contributed by atoms with van der Waals surface area (Å²) in [6.45, 7) is 2.57. The molecular weight excluding hydrogens is 382 g/mol. The van der Waals surface area contributed by atoms with Gasteiger partial charge in [-0.3, -0.25) is 9.59 Å². The van der Waals surface area contributed by atoms with E-state index in [1.54, 1.807) is 30.3 Å². The Balaban J connectivity index is 1.83. The van der Waals surface area contributed by atoms with E-state index in [1.165, 1.54) is 6.92 Å². The topological polar surface area (TPSA) is 82.0 Å². The molecule has 0 fully saturated rings. The van der Waals surface area contributed by atoms with Gasteiger partial charge < -0.3 is 10.6 Å². The Bertz CT molecular complexity index is 828. The van der Waals surface area contributed by atoms with Crippen LogP contribution in [0.1, 0.15) is 39.6 Å². The predicted molar refractivity (Wildman–Crippen MR) is 101 cm³/mol. The third-order valence-electron chi connectivity index (χ3n) is 3.59. The number of carbonyl (C=O) groups is 2. The molecule has 2 aromatic rings. The molecule has 6 heteroatoms. The average molecular weight is 400 g/mol. The van der Waals surface area contributed by atoms with Crippen molar-refractivity contribution in [3.63, 3.8) is 0 Å². The van der Waals surface area contributed by atoms with Gasteiger partial charge >= 0.3 is 0 Å². The monoisotopic (exact) mass is 399 g/mol. The average Bonchev–Trinajstić information content (AvgIpc) is 2.61. The van der Waals surface area contributed by atoms with E-state index < -0.39 is 0 Å². The van der Waals surface area contributed by atoms with Gasteiger partial charge in [-0.25, -0.2) is 0 Å². The molecular formula is C19H18BrN3O2. The molecule has 2 aromatic carbocycles. The minimum absolute atomic E-state index is 0.0474. The summed E-state index contributed by atoms with van der Waals surface area (Å²) in [6.07, 6.45) is 0.689. The highest BCUT2D eigenvalue weighted by Crippen LogP contribution is 2.17. The summed E-state index contributed by atoms with van der Waals surface area (Å²) in [7, 11) is 0. The minimum Gasteiger partial charge on any atom is -0.384 e. The highest BCUT2D eigenvalue weighted by Gasteiger charge is 2.07. The summed E-state index contributed by atoms with van der Waals surface area (Å²) in [5.41, 5.74) is 2.28. The first-order valence-corrected chi connectivity index (χ1v) is 8.63. The van der Waals surface area contributed by atoms with E-state index in [1.807, 2.05) is 12.1 Å². The van der Waals surface area contributed by atoms with Crippen molar-refractivity contribution in [1.82, 2.24) is 5.32 Å². The Morgan fingerprint density at radius 3 is 2.60 bits per heavy atom. The maximum Gasteiger partial charge on any atom is 0.251 e. The van der Waals surface area contributed by atoms with Crippen LogP contribution in [-0.2, 0) is 0 Å². The van der Waals surface area contributed by atoms with Crippen molar-refractivity contribution in [2.75, 3.05) is 18.4 Å². The summed E-state index contributed by atoms with van der Waals surface area (Å²) >= 11 is 3.34.